The number of benzene rings is 1. The van der Waals surface area contributed by atoms with Gasteiger partial charge in [-0.3, -0.25) is 14.6 Å². The van der Waals surface area contributed by atoms with Gasteiger partial charge in [0.1, 0.15) is 17.3 Å². The predicted molar refractivity (Wildman–Crippen MR) is 99.9 cm³/mol. The number of methoxy groups -OCH3 is 1. The molecule has 1 fully saturated rings. The van der Waals surface area contributed by atoms with Crippen LogP contribution < -0.4 is 10.1 Å². The molecule has 0 spiro atoms. The Labute approximate surface area is 158 Å². The highest BCUT2D eigenvalue weighted by atomic mass is 19.1. The fourth-order valence-corrected chi connectivity index (χ4v) is 3.32. The lowest BCUT2D eigenvalue weighted by atomic mass is 10.1. The SMILES string of the molecule is COc1ccc(F)cc1CN1CCN(CC(=O)N[C@H](C)c2ccco2)CC1. The van der Waals surface area contributed by atoms with Crippen LogP contribution >= 0.6 is 0 Å². The van der Waals surface area contributed by atoms with Gasteiger partial charge < -0.3 is 14.5 Å². The van der Waals surface area contributed by atoms with Crippen LogP contribution in [-0.4, -0.2) is 55.5 Å². The number of hydrogen-bond acceptors (Lipinski definition) is 5. The number of nitrogens with zero attached hydrogens (tertiary/aromatic N) is 2. The van der Waals surface area contributed by atoms with Gasteiger partial charge in [0, 0.05) is 38.3 Å². The summed E-state index contributed by atoms with van der Waals surface area (Å²) in [5, 5.41) is 2.96. The normalized spacial score (nSPS) is 16.9. The molecule has 2 aromatic rings. The molecule has 0 aliphatic carbocycles. The van der Waals surface area contributed by atoms with Gasteiger partial charge in [0.05, 0.1) is 26.0 Å². The Morgan fingerprint density at radius 1 is 1.26 bits per heavy atom. The number of ether oxygens (including phenoxy) is 1. The lowest BCUT2D eigenvalue weighted by Gasteiger charge is -2.34. The van der Waals surface area contributed by atoms with Crippen molar-refractivity contribution in [2.24, 2.45) is 0 Å². The molecule has 0 saturated carbocycles. The van der Waals surface area contributed by atoms with Gasteiger partial charge in [0.25, 0.3) is 0 Å². The van der Waals surface area contributed by atoms with Crippen molar-refractivity contribution >= 4 is 5.91 Å². The summed E-state index contributed by atoms with van der Waals surface area (Å²) in [7, 11) is 1.59. The van der Waals surface area contributed by atoms with E-state index in [2.05, 4.69) is 15.1 Å². The van der Waals surface area contributed by atoms with Crippen LogP contribution in [-0.2, 0) is 11.3 Å². The zero-order chi connectivity index (χ0) is 19.2. The molecule has 1 aliphatic rings. The quantitative estimate of drug-likeness (QED) is 0.806. The van der Waals surface area contributed by atoms with Crippen molar-refractivity contribution in [1.82, 2.24) is 15.1 Å². The van der Waals surface area contributed by atoms with Gasteiger partial charge in [-0.2, -0.15) is 0 Å². The Morgan fingerprint density at radius 3 is 2.67 bits per heavy atom. The number of piperazine rings is 1. The molecule has 0 unspecified atom stereocenters. The Kier molecular flexibility index (Phi) is 6.47. The van der Waals surface area contributed by atoms with Gasteiger partial charge in [-0.05, 0) is 37.3 Å². The van der Waals surface area contributed by atoms with Crippen molar-refractivity contribution in [2.45, 2.75) is 19.5 Å². The smallest absolute Gasteiger partial charge is 0.234 e. The first-order chi connectivity index (χ1) is 13.0. The largest absolute Gasteiger partial charge is 0.496 e. The van der Waals surface area contributed by atoms with Crippen molar-refractivity contribution in [2.75, 3.05) is 39.8 Å². The molecule has 3 rings (SSSR count). The molecule has 1 aromatic carbocycles. The first kappa shape index (κ1) is 19.4. The molecule has 1 atom stereocenters. The number of carbonyl (C=O) groups is 1. The van der Waals surface area contributed by atoms with Crippen molar-refractivity contribution < 1.29 is 18.3 Å². The van der Waals surface area contributed by atoms with Crippen LogP contribution in [0, 0.1) is 5.82 Å². The second-order valence-corrected chi connectivity index (χ2v) is 6.81. The molecule has 146 valence electrons. The number of nitrogens with one attached hydrogen (secondary N) is 1. The average molecular weight is 375 g/mol. The maximum Gasteiger partial charge on any atom is 0.234 e. The summed E-state index contributed by atoms with van der Waals surface area (Å²) >= 11 is 0. The van der Waals surface area contributed by atoms with E-state index in [0.29, 0.717) is 18.8 Å². The minimum atomic E-state index is -0.258. The summed E-state index contributed by atoms with van der Waals surface area (Å²) in [6.45, 7) is 6.13. The summed E-state index contributed by atoms with van der Waals surface area (Å²) in [5.74, 6) is 1.17. The van der Waals surface area contributed by atoms with E-state index in [9.17, 15) is 9.18 Å². The summed E-state index contributed by atoms with van der Waals surface area (Å²) in [6, 6.07) is 8.10. The first-order valence-electron chi connectivity index (χ1n) is 9.15. The summed E-state index contributed by atoms with van der Waals surface area (Å²) < 4.78 is 24.1. The maximum absolute atomic E-state index is 13.5. The highest BCUT2D eigenvalue weighted by Crippen LogP contribution is 2.21. The third-order valence-electron chi connectivity index (χ3n) is 4.82. The Balaban J connectivity index is 1.45. The molecule has 1 amide bonds. The van der Waals surface area contributed by atoms with Crippen LogP contribution in [0.5, 0.6) is 5.75 Å². The molecule has 0 radical (unpaired) electrons. The number of amides is 1. The van der Waals surface area contributed by atoms with E-state index in [4.69, 9.17) is 9.15 Å². The molecule has 1 saturated heterocycles. The highest BCUT2D eigenvalue weighted by molar-refractivity contribution is 5.78. The van der Waals surface area contributed by atoms with E-state index in [-0.39, 0.29) is 17.8 Å². The predicted octanol–water partition coefficient (Wildman–Crippen LogP) is 2.42. The summed E-state index contributed by atoms with van der Waals surface area (Å²) in [4.78, 5) is 16.6. The molecule has 27 heavy (non-hydrogen) atoms. The first-order valence-corrected chi connectivity index (χ1v) is 9.15. The summed E-state index contributed by atoms with van der Waals surface area (Å²) in [5.41, 5.74) is 0.843. The van der Waals surface area contributed by atoms with Gasteiger partial charge in [0.2, 0.25) is 5.91 Å². The van der Waals surface area contributed by atoms with Crippen molar-refractivity contribution in [3.8, 4) is 5.75 Å². The Morgan fingerprint density at radius 2 is 2.00 bits per heavy atom. The molecule has 2 heterocycles. The fourth-order valence-electron chi connectivity index (χ4n) is 3.32. The number of rotatable bonds is 7. The van der Waals surface area contributed by atoms with E-state index in [1.807, 2.05) is 19.1 Å². The van der Waals surface area contributed by atoms with Gasteiger partial charge in [-0.25, -0.2) is 4.39 Å². The molecular formula is C20H26FN3O3. The Hall–Kier alpha value is -2.38. The van der Waals surface area contributed by atoms with Crippen molar-refractivity contribution in [3.63, 3.8) is 0 Å². The number of hydrogen-bond donors (Lipinski definition) is 1. The minimum Gasteiger partial charge on any atom is -0.496 e. The van der Waals surface area contributed by atoms with E-state index in [0.717, 1.165) is 37.5 Å². The molecule has 0 bridgehead atoms. The lowest BCUT2D eigenvalue weighted by molar-refractivity contribution is -0.123. The zero-order valence-corrected chi connectivity index (χ0v) is 15.8. The van der Waals surface area contributed by atoms with Gasteiger partial charge in [-0.1, -0.05) is 0 Å². The van der Waals surface area contributed by atoms with Crippen LogP contribution in [0.15, 0.2) is 41.0 Å². The molecule has 6 nitrogen and oxygen atoms in total. The molecule has 7 heteroatoms. The number of furan rings is 1. The van der Waals surface area contributed by atoms with E-state index < -0.39 is 0 Å². The second kappa shape index (κ2) is 9.01. The van der Waals surface area contributed by atoms with E-state index >= 15 is 0 Å². The highest BCUT2D eigenvalue weighted by Gasteiger charge is 2.21. The third-order valence-corrected chi connectivity index (χ3v) is 4.82. The number of halogens is 1. The topological polar surface area (TPSA) is 58.0 Å². The van der Waals surface area contributed by atoms with Crippen LogP contribution in [0.25, 0.3) is 0 Å². The fraction of sp³-hybridized carbons (Fsp3) is 0.450. The van der Waals surface area contributed by atoms with Crippen LogP contribution in [0.4, 0.5) is 4.39 Å². The van der Waals surface area contributed by atoms with Crippen LogP contribution in [0.3, 0.4) is 0 Å². The van der Waals surface area contributed by atoms with Crippen molar-refractivity contribution in [1.29, 1.82) is 0 Å². The molecule has 1 N–H and O–H groups in total. The lowest BCUT2D eigenvalue weighted by Crippen LogP contribution is -2.49. The van der Waals surface area contributed by atoms with Crippen LogP contribution in [0.1, 0.15) is 24.3 Å². The zero-order valence-electron chi connectivity index (χ0n) is 15.8. The monoisotopic (exact) mass is 375 g/mol. The average Bonchev–Trinajstić information content (AvgIpc) is 3.18. The Bertz CT molecular complexity index is 743. The van der Waals surface area contributed by atoms with Gasteiger partial charge in [-0.15, -0.1) is 0 Å². The van der Waals surface area contributed by atoms with E-state index in [1.165, 1.54) is 12.1 Å². The molecule has 1 aromatic heterocycles. The van der Waals surface area contributed by atoms with E-state index in [1.54, 1.807) is 19.4 Å². The summed E-state index contributed by atoms with van der Waals surface area (Å²) in [6.07, 6.45) is 1.60. The van der Waals surface area contributed by atoms with Crippen molar-refractivity contribution in [3.05, 3.63) is 53.7 Å². The third kappa shape index (κ3) is 5.30. The minimum absolute atomic E-state index is 0.0147. The number of carbonyl (C=O) groups excluding carboxylic acids is 1. The second-order valence-electron chi connectivity index (χ2n) is 6.81. The molecule has 1 aliphatic heterocycles. The maximum atomic E-state index is 13.5. The van der Waals surface area contributed by atoms with Gasteiger partial charge in [0.15, 0.2) is 0 Å². The standard InChI is InChI=1S/C20H26FN3O3/c1-15(18-4-3-11-27-18)22-20(25)14-24-9-7-23(8-10-24)13-16-12-17(21)5-6-19(16)26-2/h3-6,11-12,15H,7-10,13-14H2,1-2H3,(H,22,25)/t15-/m1/s1. The van der Waals surface area contributed by atoms with Crippen LogP contribution in [0.2, 0.25) is 0 Å². The molecular weight excluding hydrogens is 349 g/mol. The van der Waals surface area contributed by atoms with Gasteiger partial charge >= 0.3 is 0 Å².